The van der Waals surface area contributed by atoms with Crippen LogP contribution >= 0.6 is 0 Å². The second-order valence-corrected chi connectivity index (χ2v) is 5.03. The van der Waals surface area contributed by atoms with Crippen molar-refractivity contribution >= 4 is 23.5 Å². The second kappa shape index (κ2) is 6.89. The van der Waals surface area contributed by atoms with E-state index in [1.807, 2.05) is 0 Å². The first-order valence-corrected chi connectivity index (χ1v) is 6.95. The molecule has 2 amide bonds. The maximum Gasteiger partial charge on any atom is 0.310 e. The fourth-order valence-electron chi connectivity index (χ4n) is 2.38. The van der Waals surface area contributed by atoms with Crippen LogP contribution in [0.5, 0.6) is 0 Å². The molecular formula is C16H18N2O4. The largest absolute Gasteiger partial charge is 0.469 e. The van der Waals surface area contributed by atoms with Gasteiger partial charge in [-0.05, 0) is 36.8 Å². The van der Waals surface area contributed by atoms with Gasteiger partial charge in [-0.3, -0.25) is 14.4 Å². The number of hydrogen-bond acceptors (Lipinski definition) is 4. The van der Waals surface area contributed by atoms with E-state index in [9.17, 15) is 14.4 Å². The van der Waals surface area contributed by atoms with Crippen molar-refractivity contribution in [2.75, 3.05) is 25.5 Å². The zero-order valence-electron chi connectivity index (χ0n) is 12.4. The molecule has 0 aromatic heterocycles. The summed E-state index contributed by atoms with van der Waals surface area (Å²) in [4.78, 5) is 36.7. The highest BCUT2D eigenvalue weighted by molar-refractivity contribution is 5.99. The molecule has 6 nitrogen and oxygen atoms in total. The third-order valence-corrected chi connectivity index (χ3v) is 3.59. The van der Waals surface area contributed by atoms with Gasteiger partial charge in [0.15, 0.2) is 0 Å². The molecule has 116 valence electrons. The van der Waals surface area contributed by atoms with Crippen molar-refractivity contribution in [3.05, 3.63) is 42.5 Å². The van der Waals surface area contributed by atoms with Crippen LogP contribution in [-0.2, 0) is 14.3 Å². The molecule has 0 saturated carbocycles. The third-order valence-electron chi connectivity index (χ3n) is 3.59. The van der Waals surface area contributed by atoms with E-state index in [1.165, 1.54) is 13.2 Å². The molecule has 1 heterocycles. The molecule has 1 atom stereocenters. The van der Waals surface area contributed by atoms with Crippen LogP contribution in [0.15, 0.2) is 36.9 Å². The molecule has 22 heavy (non-hydrogen) atoms. The van der Waals surface area contributed by atoms with E-state index in [2.05, 4.69) is 11.9 Å². The Morgan fingerprint density at radius 2 is 2.00 bits per heavy atom. The molecule has 1 aliphatic heterocycles. The molecule has 0 radical (unpaired) electrons. The van der Waals surface area contributed by atoms with Crippen LogP contribution in [0.25, 0.3) is 0 Å². The second-order valence-electron chi connectivity index (χ2n) is 5.03. The van der Waals surface area contributed by atoms with E-state index in [-0.39, 0.29) is 23.7 Å². The molecular weight excluding hydrogens is 284 g/mol. The normalized spacial score (nSPS) is 17.0. The van der Waals surface area contributed by atoms with Crippen LogP contribution < -0.4 is 5.32 Å². The first kappa shape index (κ1) is 15.8. The molecule has 1 fully saturated rings. The Labute approximate surface area is 128 Å². The number of hydrogen-bond donors (Lipinski definition) is 1. The van der Waals surface area contributed by atoms with Crippen molar-refractivity contribution in [2.24, 2.45) is 5.92 Å². The van der Waals surface area contributed by atoms with Crippen LogP contribution in [0.4, 0.5) is 5.69 Å². The number of nitrogens with zero attached hydrogens (tertiary/aromatic N) is 1. The highest BCUT2D eigenvalue weighted by Crippen LogP contribution is 2.20. The summed E-state index contributed by atoms with van der Waals surface area (Å²) in [7, 11) is 1.35. The molecule has 1 unspecified atom stereocenters. The van der Waals surface area contributed by atoms with Crippen molar-refractivity contribution in [3.8, 4) is 0 Å². The number of carbonyl (C=O) groups excluding carboxylic acids is 3. The predicted octanol–water partition coefficient (Wildman–Crippen LogP) is 1.45. The van der Waals surface area contributed by atoms with Gasteiger partial charge < -0.3 is 15.0 Å². The fourth-order valence-corrected chi connectivity index (χ4v) is 2.38. The van der Waals surface area contributed by atoms with Gasteiger partial charge in [-0.2, -0.15) is 0 Å². The van der Waals surface area contributed by atoms with Gasteiger partial charge in [-0.15, -0.1) is 0 Å². The molecule has 6 heteroatoms. The minimum absolute atomic E-state index is 0.131. The number of ether oxygens (including phenoxy) is 1. The number of benzene rings is 1. The van der Waals surface area contributed by atoms with E-state index in [4.69, 9.17) is 4.74 Å². The number of nitrogens with one attached hydrogen (secondary N) is 1. The minimum Gasteiger partial charge on any atom is -0.469 e. The minimum atomic E-state index is -0.306. The van der Waals surface area contributed by atoms with Gasteiger partial charge in [-0.25, -0.2) is 0 Å². The topological polar surface area (TPSA) is 75.7 Å². The monoisotopic (exact) mass is 302 g/mol. The lowest BCUT2D eigenvalue weighted by Gasteiger charge is -2.16. The molecule has 0 bridgehead atoms. The van der Waals surface area contributed by atoms with Gasteiger partial charge in [-0.1, -0.05) is 6.58 Å². The van der Waals surface area contributed by atoms with Gasteiger partial charge in [0.25, 0.3) is 5.91 Å². The van der Waals surface area contributed by atoms with E-state index < -0.39 is 0 Å². The van der Waals surface area contributed by atoms with Crippen LogP contribution in [0.1, 0.15) is 16.8 Å². The standard InChI is InChI=1S/C16H18N2O4/c1-3-14(19)17-13-6-4-11(5-7-13)15(20)18-9-8-12(10-18)16(21)22-2/h3-7,12H,1,8-10H2,2H3,(H,17,19). The highest BCUT2D eigenvalue weighted by atomic mass is 16.5. The molecule has 1 aliphatic rings. The van der Waals surface area contributed by atoms with Crippen molar-refractivity contribution in [1.29, 1.82) is 0 Å². The molecule has 1 N–H and O–H groups in total. The summed E-state index contributed by atoms with van der Waals surface area (Å²) in [5.74, 6) is -0.967. The lowest BCUT2D eigenvalue weighted by molar-refractivity contribution is -0.144. The summed E-state index contributed by atoms with van der Waals surface area (Å²) in [5.41, 5.74) is 1.11. The van der Waals surface area contributed by atoms with Crippen molar-refractivity contribution in [1.82, 2.24) is 4.90 Å². The van der Waals surface area contributed by atoms with Gasteiger partial charge >= 0.3 is 5.97 Å². The maximum atomic E-state index is 12.4. The third kappa shape index (κ3) is 3.52. The van der Waals surface area contributed by atoms with Crippen LogP contribution in [-0.4, -0.2) is 42.9 Å². The van der Waals surface area contributed by atoms with Crippen molar-refractivity contribution < 1.29 is 19.1 Å². The summed E-state index contributed by atoms with van der Waals surface area (Å²) in [6, 6.07) is 6.60. The molecule has 1 saturated heterocycles. The van der Waals surface area contributed by atoms with Gasteiger partial charge in [0.1, 0.15) is 0 Å². The van der Waals surface area contributed by atoms with Crippen LogP contribution in [0, 0.1) is 5.92 Å². The average molecular weight is 302 g/mol. The number of likely N-dealkylation sites (tertiary alicyclic amines) is 1. The van der Waals surface area contributed by atoms with Gasteiger partial charge in [0.05, 0.1) is 13.0 Å². The lowest BCUT2D eigenvalue weighted by atomic mass is 10.1. The van der Waals surface area contributed by atoms with E-state index >= 15 is 0 Å². The Morgan fingerprint density at radius 3 is 2.59 bits per heavy atom. The molecule has 1 aromatic carbocycles. The van der Waals surface area contributed by atoms with E-state index in [1.54, 1.807) is 29.2 Å². The number of methoxy groups -OCH3 is 1. The van der Waals surface area contributed by atoms with Crippen LogP contribution in [0.2, 0.25) is 0 Å². The zero-order valence-corrected chi connectivity index (χ0v) is 12.4. The number of rotatable bonds is 4. The Bertz CT molecular complexity index is 595. The van der Waals surface area contributed by atoms with E-state index in [0.29, 0.717) is 30.8 Å². The number of anilines is 1. The summed E-state index contributed by atoms with van der Waals surface area (Å²) in [5, 5.41) is 2.61. The fraction of sp³-hybridized carbons (Fsp3) is 0.312. The molecule has 1 aromatic rings. The Kier molecular flexibility index (Phi) is 4.93. The smallest absolute Gasteiger partial charge is 0.310 e. The number of esters is 1. The number of carbonyl (C=O) groups is 3. The van der Waals surface area contributed by atoms with Crippen molar-refractivity contribution in [3.63, 3.8) is 0 Å². The summed E-state index contributed by atoms with van der Waals surface area (Å²) < 4.78 is 4.71. The highest BCUT2D eigenvalue weighted by Gasteiger charge is 2.32. The average Bonchev–Trinajstić information content (AvgIpc) is 3.04. The summed E-state index contributed by atoms with van der Waals surface area (Å²) in [6.07, 6.45) is 1.79. The zero-order chi connectivity index (χ0) is 16.1. The number of amides is 2. The van der Waals surface area contributed by atoms with Crippen LogP contribution in [0.3, 0.4) is 0 Å². The van der Waals surface area contributed by atoms with Gasteiger partial charge in [0, 0.05) is 24.3 Å². The van der Waals surface area contributed by atoms with Gasteiger partial charge in [0.2, 0.25) is 5.91 Å². The Hall–Kier alpha value is -2.63. The SMILES string of the molecule is C=CC(=O)Nc1ccc(C(=O)N2CCC(C(=O)OC)C2)cc1. The maximum absolute atomic E-state index is 12.4. The van der Waals surface area contributed by atoms with E-state index in [0.717, 1.165) is 0 Å². The Balaban J connectivity index is 2.00. The molecule has 2 rings (SSSR count). The first-order chi connectivity index (χ1) is 10.5. The quantitative estimate of drug-likeness (QED) is 0.674. The van der Waals surface area contributed by atoms with Crippen molar-refractivity contribution in [2.45, 2.75) is 6.42 Å². The Morgan fingerprint density at radius 1 is 1.32 bits per heavy atom. The molecule has 0 spiro atoms. The lowest BCUT2D eigenvalue weighted by Crippen LogP contribution is -2.30. The summed E-state index contributed by atoms with van der Waals surface area (Å²) in [6.45, 7) is 4.28. The predicted molar refractivity (Wildman–Crippen MR) is 81.3 cm³/mol. The molecule has 0 aliphatic carbocycles. The first-order valence-electron chi connectivity index (χ1n) is 6.95. The summed E-state index contributed by atoms with van der Waals surface area (Å²) >= 11 is 0.